The topological polar surface area (TPSA) is 115 Å². The Morgan fingerprint density at radius 3 is 2.42 bits per heavy atom. The number of benzene rings is 2. The number of aliphatic hydroxyl groups is 1. The van der Waals surface area contributed by atoms with Gasteiger partial charge < -0.3 is 35.7 Å². The number of methoxy groups -OCH3 is 2. The number of nitrogens with two attached hydrogens (primary N) is 1. The Kier molecular flexibility index (Phi) is 13.1. The van der Waals surface area contributed by atoms with E-state index in [0.29, 0.717) is 43.6 Å². The molecule has 0 saturated carbocycles. The monoisotopic (exact) mass is 501 g/mol. The van der Waals surface area contributed by atoms with Crippen LogP contribution < -0.4 is 25.8 Å². The molecule has 0 heterocycles. The smallest absolute Gasteiger partial charge is 0.315 e. The maximum Gasteiger partial charge on any atom is 0.315 e. The van der Waals surface area contributed by atoms with E-state index in [1.807, 2.05) is 48.5 Å². The SMILES string of the molecule is COCCCOc1cc(CC(CC(N)C(O)CNC(=O)NCc2ccccc2)C(C)C)ccc1OC. The Labute approximate surface area is 215 Å². The normalized spacial score (nSPS) is 13.6. The molecule has 2 rings (SSSR count). The average molecular weight is 502 g/mol. The highest BCUT2D eigenvalue weighted by molar-refractivity contribution is 5.73. The highest BCUT2D eigenvalue weighted by Crippen LogP contribution is 2.31. The van der Waals surface area contributed by atoms with Crippen LogP contribution in [0.3, 0.4) is 0 Å². The molecule has 0 aliphatic carbocycles. The number of carbonyl (C=O) groups is 1. The summed E-state index contributed by atoms with van der Waals surface area (Å²) in [4.78, 5) is 12.1. The van der Waals surface area contributed by atoms with E-state index in [1.54, 1.807) is 14.2 Å². The zero-order chi connectivity index (χ0) is 26.3. The molecule has 5 N–H and O–H groups in total. The number of hydrogen-bond donors (Lipinski definition) is 4. The number of amides is 2. The number of aliphatic hydroxyl groups excluding tert-OH is 1. The van der Waals surface area contributed by atoms with Crippen LogP contribution in [0.15, 0.2) is 48.5 Å². The van der Waals surface area contributed by atoms with Gasteiger partial charge >= 0.3 is 6.03 Å². The fourth-order valence-electron chi connectivity index (χ4n) is 3.94. The number of urea groups is 1. The van der Waals surface area contributed by atoms with Crippen LogP contribution in [0, 0.1) is 11.8 Å². The van der Waals surface area contributed by atoms with Gasteiger partial charge in [-0.05, 0) is 47.9 Å². The van der Waals surface area contributed by atoms with Crippen molar-refractivity contribution in [3.05, 3.63) is 59.7 Å². The van der Waals surface area contributed by atoms with Crippen LogP contribution in [0.5, 0.6) is 11.5 Å². The second-order valence-corrected chi connectivity index (χ2v) is 9.40. The molecule has 0 bridgehead atoms. The molecule has 2 amide bonds. The third kappa shape index (κ3) is 10.4. The molecular formula is C28H43N3O5. The predicted molar refractivity (Wildman–Crippen MR) is 142 cm³/mol. The van der Waals surface area contributed by atoms with E-state index in [1.165, 1.54) is 0 Å². The van der Waals surface area contributed by atoms with Gasteiger partial charge in [0.15, 0.2) is 11.5 Å². The number of carbonyl (C=O) groups excluding carboxylic acids is 1. The standard InChI is InChI=1S/C28H43N3O5/c1-20(2)23(15-22-11-12-26(35-4)27(16-22)36-14-8-13-34-3)17-24(29)25(32)19-31-28(33)30-18-21-9-6-5-7-10-21/h5-7,9-12,16,20,23-25,32H,8,13-15,17-19,29H2,1-4H3,(H2,30,31,33). The van der Waals surface area contributed by atoms with Crippen molar-refractivity contribution < 1.29 is 24.1 Å². The van der Waals surface area contributed by atoms with Gasteiger partial charge in [0, 0.05) is 39.3 Å². The van der Waals surface area contributed by atoms with Crippen LogP contribution in [0.25, 0.3) is 0 Å². The minimum Gasteiger partial charge on any atom is -0.493 e. The van der Waals surface area contributed by atoms with Gasteiger partial charge in [-0.25, -0.2) is 4.79 Å². The first kappa shape index (κ1) is 29.4. The first-order valence-corrected chi connectivity index (χ1v) is 12.6. The molecule has 3 atom stereocenters. The van der Waals surface area contributed by atoms with Crippen molar-refractivity contribution in [2.45, 2.75) is 51.8 Å². The molecule has 0 aliphatic rings. The molecule has 8 heteroatoms. The predicted octanol–water partition coefficient (Wildman–Crippen LogP) is 3.50. The second-order valence-electron chi connectivity index (χ2n) is 9.40. The Morgan fingerprint density at radius 1 is 1.00 bits per heavy atom. The summed E-state index contributed by atoms with van der Waals surface area (Å²) >= 11 is 0. The molecule has 36 heavy (non-hydrogen) atoms. The molecular weight excluding hydrogens is 458 g/mol. The van der Waals surface area contributed by atoms with E-state index in [4.69, 9.17) is 19.9 Å². The van der Waals surface area contributed by atoms with Gasteiger partial charge in [0.1, 0.15) is 0 Å². The van der Waals surface area contributed by atoms with Gasteiger partial charge in [-0.2, -0.15) is 0 Å². The quantitative estimate of drug-likeness (QED) is 0.262. The van der Waals surface area contributed by atoms with Crippen LogP contribution in [-0.2, 0) is 17.7 Å². The van der Waals surface area contributed by atoms with Crippen molar-refractivity contribution in [2.75, 3.05) is 34.0 Å². The number of nitrogens with one attached hydrogen (secondary N) is 2. The minimum atomic E-state index is -0.843. The van der Waals surface area contributed by atoms with Crippen molar-refractivity contribution in [3.8, 4) is 11.5 Å². The molecule has 8 nitrogen and oxygen atoms in total. The lowest BCUT2D eigenvalue weighted by Gasteiger charge is -2.27. The van der Waals surface area contributed by atoms with Gasteiger partial charge in [-0.15, -0.1) is 0 Å². The third-order valence-corrected chi connectivity index (χ3v) is 6.26. The van der Waals surface area contributed by atoms with Crippen LogP contribution in [0.1, 0.15) is 37.8 Å². The van der Waals surface area contributed by atoms with E-state index in [2.05, 4.69) is 24.5 Å². The molecule has 2 aromatic rings. The zero-order valence-corrected chi connectivity index (χ0v) is 22.0. The molecule has 0 radical (unpaired) electrons. The second kappa shape index (κ2) is 16.0. The van der Waals surface area contributed by atoms with Crippen LogP contribution >= 0.6 is 0 Å². The molecule has 0 saturated heterocycles. The van der Waals surface area contributed by atoms with Crippen molar-refractivity contribution in [1.29, 1.82) is 0 Å². The summed E-state index contributed by atoms with van der Waals surface area (Å²) in [7, 11) is 3.30. The minimum absolute atomic E-state index is 0.0919. The first-order valence-electron chi connectivity index (χ1n) is 12.6. The Balaban J connectivity index is 1.87. The van der Waals surface area contributed by atoms with Crippen molar-refractivity contribution >= 4 is 6.03 Å². The molecule has 0 spiro atoms. The average Bonchev–Trinajstić information content (AvgIpc) is 2.88. The number of hydrogen-bond acceptors (Lipinski definition) is 6. The lowest BCUT2D eigenvalue weighted by molar-refractivity contribution is 0.125. The van der Waals surface area contributed by atoms with Crippen LogP contribution in [0.2, 0.25) is 0 Å². The summed E-state index contributed by atoms with van der Waals surface area (Å²) < 4.78 is 16.5. The van der Waals surface area contributed by atoms with Crippen molar-refractivity contribution in [2.24, 2.45) is 17.6 Å². The zero-order valence-electron chi connectivity index (χ0n) is 22.0. The van der Waals surface area contributed by atoms with Gasteiger partial charge in [0.25, 0.3) is 0 Å². The highest BCUT2D eigenvalue weighted by atomic mass is 16.5. The van der Waals surface area contributed by atoms with Gasteiger partial charge in [0.2, 0.25) is 0 Å². The molecule has 3 unspecified atom stereocenters. The summed E-state index contributed by atoms with van der Waals surface area (Å²) in [5.74, 6) is 2.01. The highest BCUT2D eigenvalue weighted by Gasteiger charge is 2.23. The fraction of sp³-hybridized carbons (Fsp3) is 0.536. The number of ether oxygens (including phenoxy) is 3. The van der Waals surface area contributed by atoms with Crippen molar-refractivity contribution in [3.63, 3.8) is 0 Å². The van der Waals surface area contributed by atoms with Gasteiger partial charge in [-0.3, -0.25) is 0 Å². The van der Waals surface area contributed by atoms with E-state index < -0.39 is 12.1 Å². The maximum absolute atomic E-state index is 12.1. The lowest BCUT2D eigenvalue weighted by atomic mass is 9.83. The van der Waals surface area contributed by atoms with Gasteiger partial charge in [0.05, 0.1) is 19.8 Å². The summed E-state index contributed by atoms with van der Waals surface area (Å²) in [5.41, 5.74) is 8.48. The third-order valence-electron chi connectivity index (χ3n) is 6.26. The van der Waals surface area contributed by atoms with Crippen LogP contribution in [-0.4, -0.2) is 57.3 Å². The molecule has 0 aromatic heterocycles. The number of rotatable bonds is 16. The Morgan fingerprint density at radius 2 is 1.75 bits per heavy atom. The summed E-state index contributed by atoms with van der Waals surface area (Å²) in [5, 5.41) is 16.1. The van der Waals surface area contributed by atoms with E-state index in [9.17, 15) is 9.90 Å². The van der Waals surface area contributed by atoms with Crippen LogP contribution in [0.4, 0.5) is 4.79 Å². The fourth-order valence-corrected chi connectivity index (χ4v) is 3.94. The van der Waals surface area contributed by atoms with Gasteiger partial charge in [-0.1, -0.05) is 50.2 Å². The Bertz CT molecular complexity index is 894. The van der Waals surface area contributed by atoms with E-state index >= 15 is 0 Å². The van der Waals surface area contributed by atoms with Crippen molar-refractivity contribution in [1.82, 2.24) is 10.6 Å². The maximum atomic E-state index is 12.1. The summed E-state index contributed by atoms with van der Waals surface area (Å²) in [6.07, 6.45) is 1.37. The summed E-state index contributed by atoms with van der Waals surface area (Å²) in [6.45, 7) is 6.01. The molecule has 0 aliphatic heterocycles. The van der Waals surface area contributed by atoms with E-state index in [0.717, 1.165) is 24.0 Å². The summed E-state index contributed by atoms with van der Waals surface area (Å²) in [6, 6.07) is 14.8. The lowest BCUT2D eigenvalue weighted by Crippen LogP contribution is -2.47. The first-order chi connectivity index (χ1) is 17.3. The van der Waals surface area contributed by atoms with E-state index in [-0.39, 0.29) is 18.5 Å². The molecule has 200 valence electrons. The molecule has 0 fully saturated rings. The Hall–Kier alpha value is -2.81. The molecule has 2 aromatic carbocycles. The largest absolute Gasteiger partial charge is 0.493 e.